The minimum Gasteiger partial charge on any atom is -0.459 e. The van der Waals surface area contributed by atoms with Crippen LogP contribution in [0.5, 0.6) is 0 Å². The Morgan fingerprint density at radius 3 is 2.90 bits per heavy atom. The molecule has 0 N–H and O–H groups in total. The van der Waals surface area contributed by atoms with E-state index in [0.717, 1.165) is 0 Å². The molecule has 0 aliphatic carbocycles. The van der Waals surface area contributed by atoms with Gasteiger partial charge in [-0.15, -0.1) is 0 Å². The third kappa shape index (κ3) is 3.31. The largest absolute Gasteiger partial charge is 0.459 e. The van der Waals surface area contributed by atoms with Gasteiger partial charge < -0.3 is 13.9 Å². The van der Waals surface area contributed by atoms with Crippen molar-refractivity contribution < 1.29 is 14.3 Å². The number of imidazole rings is 1. The highest BCUT2D eigenvalue weighted by Gasteiger charge is 2.23. The number of pyridine rings is 1. The van der Waals surface area contributed by atoms with Crippen LogP contribution in [0.1, 0.15) is 18.5 Å². The number of fused-ring (bicyclic) bond motifs is 1. The quantitative estimate of drug-likeness (QED) is 0.812. The molecule has 0 saturated carbocycles. The molecule has 3 rings (SSSR count). The molecule has 112 valence electrons. The van der Waals surface area contributed by atoms with E-state index >= 15 is 0 Å². The van der Waals surface area contributed by atoms with Gasteiger partial charge in [0.1, 0.15) is 6.61 Å². The molecule has 3 heterocycles. The molecule has 2 aromatic heterocycles. The molecular formula is C14H14Cl2N2O3. The van der Waals surface area contributed by atoms with Crippen molar-refractivity contribution in [2.24, 2.45) is 5.92 Å². The van der Waals surface area contributed by atoms with Crippen LogP contribution in [0.3, 0.4) is 0 Å². The Balaban J connectivity index is 1.67. The number of esters is 1. The number of nitrogens with zero attached hydrogens (tertiary/aromatic N) is 2. The molecule has 0 radical (unpaired) electrons. The molecular weight excluding hydrogens is 315 g/mol. The Bertz CT molecular complexity index is 666. The summed E-state index contributed by atoms with van der Waals surface area (Å²) >= 11 is 12.0. The van der Waals surface area contributed by atoms with Crippen molar-refractivity contribution in [2.75, 3.05) is 13.2 Å². The first-order valence-corrected chi connectivity index (χ1v) is 7.46. The first-order valence-electron chi connectivity index (χ1n) is 6.70. The highest BCUT2D eigenvalue weighted by atomic mass is 35.5. The molecule has 0 aromatic carbocycles. The van der Waals surface area contributed by atoms with E-state index in [0.29, 0.717) is 47.4 Å². The van der Waals surface area contributed by atoms with Crippen molar-refractivity contribution in [3.63, 3.8) is 0 Å². The van der Waals surface area contributed by atoms with Gasteiger partial charge in [0.15, 0.2) is 5.65 Å². The van der Waals surface area contributed by atoms with Crippen LogP contribution in [0.2, 0.25) is 10.0 Å². The molecule has 1 aliphatic rings. The van der Waals surface area contributed by atoms with Crippen LogP contribution in [-0.4, -0.2) is 28.6 Å². The number of carbonyl (C=O) groups excluding carboxylic acids is 1. The number of carbonyl (C=O) groups is 1. The van der Waals surface area contributed by atoms with Gasteiger partial charge in [0, 0.05) is 25.6 Å². The molecule has 0 unspecified atom stereocenters. The number of halogens is 2. The summed E-state index contributed by atoms with van der Waals surface area (Å²) < 4.78 is 12.3. The van der Waals surface area contributed by atoms with E-state index in [4.69, 9.17) is 32.7 Å². The summed E-state index contributed by atoms with van der Waals surface area (Å²) in [5, 5.41) is 0.986. The molecule has 0 spiro atoms. The van der Waals surface area contributed by atoms with Crippen molar-refractivity contribution >= 4 is 34.8 Å². The van der Waals surface area contributed by atoms with Crippen LogP contribution in [0.25, 0.3) is 5.65 Å². The fourth-order valence-corrected chi connectivity index (χ4v) is 2.87. The Hall–Kier alpha value is -1.30. The lowest BCUT2D eigenvalue weighted by atomic mass is 10.0. The lowest BCUT2D eigenvalue weighted by Gasteiger charge is -2.20. The van der Waals surface area contributed by atoms with Gasteiger partial charge in [-0.05, 0) is 18.9 Å². The minimum atomic E-state index is -0.195. The van der Waals surface area contributed by atoms with Crippen LogP contribution in [0.15, 0.2) is 18.5 Å². The van der Waals surface area contributed by atoms with Crippen LogP contribution >= 0.6 is 23.2 Å². The smallest absolute Gasteiger partial charge is 0.309 e. The number of hydrogen-bond acceptors (Lipinski definition) is 4. The molecule has 7 heteroatoms. The van der Waals surface area contributed by atoms with E-state index < -0.39 is 0 Å². The number of rotatable bonds is 3. The maximum absolute atomic E-state index is 11.9. The monoisotopic (exact) mass is 328 g/mol. The highest BCUT2D eigenvalue weighted by molar-refractivity contribution is 6.36. The minimum absolute atomic E-state index is 0.0752. The summed E-state index contributed by atoms with van der Waals surface area (Å²) in [5.74, 6) is -0.270. The molecule has 0 bridgehead atoms. The van der Waals surface area contributed by atoms with Crippen LogP contribution in [0.4, 0.5) is 0 Å². The second-order valence-electron chi connectivity index (χ2n) is 4.96. The fraction of sp³-hybridized carbons (Fsp3) is 0.429. The zero-order valence-electron chi connectivity index (χ0n) is 11.2. The van der Waals surface area contributed by atoms with E-state index in [9.17, 15) is 4.79 Å². The molecule has 1 saturated heterocycles. The van der Waals surface area contributed by atoms with Crippen LogP contribution < -0.4 is 0 Å². The maximum atomic E-state index is 11.9. The van der Waals surface area contributed by atoms with Gasteiger partial charge in [0.05, 0.1) is 21.7 Å². The van der Waals surface area contributed by atoms with Crippen molar-refractivity contribution in [2.45, 2.75) is 19.4 Å². The molecule has 5 nitrogen and oxygen atoms in total. The van der Waals surface area contributed by atoms with Gasteiger partial charge in [0.2, 0.25) is 0 Å². The lowest BCUT2D eigenvalue weighted by molar-refractivity contribution is -0.153. The lowest BCUT2D eigenvalue weighted by Crippen LogP contribution is -2.25. The SMILES string of the molecule is O=C(OCc1cn2cc(Cl)cc(Cl)c2n1)C1CCOCC1. The summed E-state index contributed by atoms with van der Waals surface area (Å²) in [6.07, 6.45) is 4.89. The van der Waals surface area contributed by atoms with Gasteiger partial charge in [0.25, 0.3) is 0 Å². The van der Waals surface area contributed by atoms with E-state index in [-0.39, 0.29) is 18.5 Å². The zero-order valence-corrected chi connectivity index (χ0v) is 12.7. The van der Waals surface area contributed by atoms with Gasteiger partial charge in [-0.1, -0.05) is 23.2 Å². The number of hydrogen-bond donors (Lipinski definition) is 0. The number of aromatic nitrogens is 2. The van der Waals surface area contributed by atoms with Crippen molar-refractivity contribution in [3.8, 4) is 0 Å². The van der Waals surface area contributed by atoms with Crippen LogP contribution in [-0.2, 0) is 20.9 Å². The molecule has 21 heavy (non-hydrogen) atoms. The molecule has 0 atom stereocenters. The topological polar surface area (TPSA) is 52.8 Å². The second-order valence-corrected chi connectivity index (χ2v) is 5.81. The van der Waals surface area contributed by atoms with Crippen molar-refractivity contribution in [1.29, 1.82) is 0 Å². The highest BCUT2D eigenvalue weighted by Crippen LogP contribution is 2.22. The summed E-state index contributed by atoms with van der Waals surface area (Å²) in [4.78, 5) is 16.3. The van der Waals surface area contributed by atoms with Gasteiger partial charge in [-0.25, -0.2) is 4.98 Å². The third-order valence-corrected chi connectivity index (χ3v) is 3.92. The first-order chi connectivity index (χ1) is 10.1. The second kappa shape index (κ2) is 6.22. The van der Waals surface area contributed by atoms with Gasteiger partial charge in [-0.2, -0.15) is 0 Å². The first kappa shape index (κ1) is 14.6. The zero-order chi connectivity index (χ0) is 14.8. The summed E-state index contributed by atoms with van der Waals surface area (Å²) in [6, 6.07) is 1.63. The van der Waals surface area contributed by atoms with E-state index in [2.05, 4.69) is 4.98 Å². The Morgan fingerprint density at radius 1 is 1.38 bits per heavy atom. The molecule has 2 aromatic rings. The molecule has 0 amide bonds. The predicted molar refractivity (Wildman–Crippen MR) is 78.6 cm³/mol. The standard InChI is InChI=1S/C14H14Cl2N2O3/c15-10-5-12(16)13-17-11(7-18(13)6-10)8-21-14(19)9-1-3-20-4-2-9/h5-7,9H,1-4,8H2. The van der Waals surface area contributed by atoms with Crippen molar-refractivity contribution in [1.82, 2.24) is 9.38 Å². The Morgan fingerprint density at radius 2 is 2.14 bits per heavy atom. The summed E-state index contributed by atoms with van der Waals surface area (Å²) in [6.45, 7) is 1.36. The molecule has 1 fully saturated rings. The van der Waals surface area contributed by atoms with E-state index in [1.165, 1.54) is 0 Å². The molecule has 1 aliphatic heterocycles. The maximum Gasteiger partial charge on any atom is 0.309 e. The van der Waals surface area contributed by atoms with Gasteiger partial charge >= 0.3 is 5.97 Å². The van der Waals surface area contributed by atoms with E-state index in [1.807, 2.05) is 0 Å². The van der Waals surface area contributed by atoms with Crippen molar-refractivity contribution in [3.05, 3.63) is 34.2 Å². The summed E-state index contributed by atoms with van der Waals surface area (Å²) in [5.41, 5.74) is 1.23. The predicted octanol–water partition coefficient (Wildman–Crippen LogP) is 3.11. The average Bonchev–Trinajstić information content (AvgIpc) is 2.89. The van der Waals surface area contributed by atoms with E-state index in [1.54, 1.807) is 22.9 Å². The Kier molecular flexibility index (Phi) is 4.33. The fourth-order valence-electron chi connectivity index (χ4n) is 2.34. The Labute approximate surface area is 131 Å². The average molecular weight is 329 g/mol. The normalized spacial score (nSPS) is 16.3. The third-order valence-electron chi connectivity index (χ3n) is 3.44. The number of ether oxygens (including phenoxy) is 2. The van der Waals surface area contributed by atoms with Gasteiger partial charge in [-0.3, -0.25) is 4.79 Å². The van der Waals surface area contributed by atoms with Crippen LogP contribution in [0, 0.1) is 5.92 Å². The summed E-state index contributed by atoms with van der Waals surface area (Å²) in [7, 11) is 0.